The van der Waals surface area contributed by atoms with Gasteiger partial charge < -0.3 is 0 Å². The predicted molar refractivity (Wildman–Crippen MR) is 105 cm³/mol. The number of hydrogen-bond acceptors (Lipinski definition) is 0. The molecule has 0 aliphatic heterocycles. The van der Waals surface area contributed by atoms with Crippen molar-refractivity contribution in [3.8, 4) is 0 Å². The minimum Gasteiger partial charge on any atom is -0.207 e. The summed E-state index contributed by atoms with van der Waals surface area (Å²) < 4.78 is 29.2. The number of unbranched alkanes of at least 4 members (excludes halogenated alkanes) is 2. The lowest BCUT2D eigenvalue weighted by atomic mass is 9.79. The molecule has 140 valence electrons. The molecular formula is C24H30F2. The lowest BCUT2D eigenvalue weighted by Gasteiger charge is -2.26. The standard InChI is InChI=1S/C24H30F2/c1-3-5-6-8-17-9-10-20-16-21(12-11-19(20)13-17)24-22(25)14-18(7-4-2)15-23(24)26/h9-10,13-15,21H,3-8,11-12,16H2,1-2H3. The van der Waals surface area contributed by atoms with Gasteiger partial charge in [0.25, 0.3) is 0 Å². The van der Waals surface area contributed by atoms with E-state index in [1.807, 2.05) is 6.92 Å². The van der Waals surface area contributed by atoms with Gasteiger partial charge in [0, 0.05) is 5.56 Å². The maximum atomic E-state index is 14.6. The van der Waals surface area contributed by atoms with Crippen LogP contribution >= 0.6 is 0 Å². The average Bonchev–Trinajstić information content (AvgIpc) is 2.61. The molecule has 26 heavy (non-hydrogen) atoms. The molecular weight excluding hydrogens is 326 g/mol. The van der Waals surface area contributed by atoms with Crippen molar-refractivity contribution in [2.75, 3.05) is 0 Å². The summed E-state index contributed by atoms with van der Waals surface area (Å²) in [7, 11) is 0. The molecule has 1 aliphatic rings. The highest BCUT2D eigenvalue weighted by atomic mass is 19.1. The highest BCUT2D eigenvalue weighted by Crippen LogP contribution is 2.36. The van der Waals surface area contributed by atoms with Crippen LogP contribution in [0, 0.1) is 11.6 Å². The zero-order valence-corrected chi connectivity index (χ0v) is 16.1. The molecule has 0 bridgehead atoms. The molecule has 0 nitrogen and oxygen atoms in total. The van der Waals surface area contributed by atoms with E-state index in [0.717, 1.165) is 44.1 Å². The third-order valence-electron chi connectivity index (χ3n) is 5.65. The minimum atomic E-state index is -0.363. The Hall–Kier alpha value is -1.70. The average molecular weight is 357 g/mol. The Morgan fingerprint density at radius 2 is 1.62 bits per heavy atom. The summed E-state index contributed by atoms with van der Waals surface area (Å²) >= 11 is 0. The first kappa shape index (κ1) is 19.1. The van der Waals surface area contributed by atoms with Crippen LogP contribution < -0.4 is 0 Å². The molecule has 0 saturated heterocycles. The van der Waals surface area contributed by atoms with Gasteiger partial charge in [-0.3, -0.25) is 0 Å². The van der Waals surface area contributed by atoms with Crippen molar-refractivity contribution in [3.05, 3.63) is 69.8 Å². The van der Waals surface area contributed by atoms with Crippen LogP contribution in [0.1, 0.15) is 79.7 Å². The van der Waals surface area contributed by atoms with Gasteiger partial charge in [0.2, 0.25) is 0 Å². The van der Waals surface area contributed by atoms with Crippen molar-refractivity contribution < 1.29 is 8.78 Å². The van der Waals surface area contributed by atoms with Gasteiger partial charge >= 0.3 is 0 Å². The van der Waals surface area contributed by atoms with Crippen molar-refractivity contribution in [1.82, 2.24) is 0 Å². The molecule has 2 aromatic rings. The van der Waals surface area contributed by atoms with Crippen molar-refractivity contribution >= 4 is 0 Å². The second kappa shape index (κ2) is 8.79. The number of fused-ring (bicyclic) bond motifs is 1. The SMILES string of the molecule is CCCCCc1ccc2c(c1)CCC(c1c(F)cc(CCC)cc1F)C2. The molecule has 0 heterocycles. The van der Waals surface area contributed by atoms with Crippen LogP contribution in [0.15, 0.2) is 30.3 Å². The quantitative estimate of drug-likeness (QED) is 0.472. The Kier molecular flexibility index (Phi) is 6.45. The summed E-state index contributed by atoms with van der Waals surface area (Å²) in [6.07, 6.45) is 8.98. The number of halogens is 2. The third-order valence-corrected chi connectivity index (χ3v) is 5.65. The fourth-order valence-electron chi connectivity index (χ4n) is 4.25. The van der Waals surface area contributed by atoms with Gasteiger partial charge in [-0.2, -0.15) is 0 Å². The normalized spacial score (nSPS) is 16.5. The Morgan fingerprint density at radius 3 is 2.31 bits per heavy atom. The molecule has 1 unspecified atom stereocenters. The maximum Gasteiger partial charge on any atom is 0.129 e. The maximum absolute atomic E-state index is 14.6. The largest absolute Gasteiger partial charge is 0.207 e. The molecule has 0 radical (unpaired) electrons. The topological polar surface area (TPSA) is 0 Å². The monoisotopic (exact) mass is 356 g/mol. The molecule has 3 rings (SSSR count). The zero-order valence-electron chi connectivity index (χ0n) is 16.1. The Balaban J connectivity index is 1.76. The van der Waals surface area contributed by atoms with Gasteiger partial charge in [-0.1, -0.05) is 51.3 Å². The Morgan fingerprint density at radius 1 is 0.846 bits per heavy atom. The summed E-state index contributed by atoms with van der Waals surface area (Å²) in [5, 5.41) is 0. The fourth-order valence-corrected chi connectivity index (χ4v) is 4.25. The first-order valence-corrected chi connectivity index (χ1v) is 10.2. The summed E-state index contributed by atoms with van der Waals surface area (Å²) in [6, 6.07) is 9.78. The summed E-state index contributed by atoms with van der Waals surface area (Å²) in [4.78, 5) is 0. The van der Waals surface area contributed by atoms with Crippen molar-refractivity contribution in [3.63, 3.8) is 0 Å². The molecule has 2 aromatic carbocycles. The Bertz CT molecular complexity index is 725. The summed E-state index contributed by atoms with van der Waals surface area (Å²) in [5.41, 5.74) is 5.09. The van der Waals surface area contributed by atoms with Crippen molar-refractivity contribution in [2.24, 2.45) is 0 Å². The van der Waals surface area contributed by atoms with E-state index in [2.05, 4.69) is 25.1 Å². The second-order valence-electron chi connectivity index (χ2n) is 7.72. The first-order valence-electron chi connectivity index (χ1n) is 10.2. The fraction of sp³-hybridized carbons (Fsp3) is 0.500. The lowest BCUT2D eigenvalue weighted by Crippen LogP contribution is -2.16. The minimum absolute atomic E-state index is 0.0517. The van der Waals surface area contributed by atoms with Crippen LogP contribution in [0.2, 0.25) is 0 Å². The van der Waals surface area contributed by atoms with Crippen LogP contribution in [0.3, 0.4) is 0 Å². The van der Waals surface area contributed by atoms with E-state index in [0.29, 0.717) is 5.56 Å². The van der Waals surface area contributed by atoms with E-state index in [4.69, 9.17) is 0 Å². The van der Waals surface area contributed by atoms with E-state index < -0.39 is 0 Å². The summed E-state index contributed by atoms with van der Waals surface area (Å²) in [5.74, 6) is -0.778. The summed E-state index contributed by atoms with van der Waals surface area (Å²) in [6.45, 7) is 4.25. The zero-order chi connectivity index (χ0) is 18.5. The van der Waals surface area contributed by atoms with Gasteiger partial charge in [0.15, 0.2) is 0 Å². The van der Waals surface area contributed by atoms with E-state index in [-0.39, 0.29) is 17.6 Å². The second-order valence-corrected chi connectivity index (χ2v) is 7.72. The van der Waals surface area contributed by atoms with Crippen LogP contribution in [0.4, 0.5) is 8.78 Å². The van der Waals surface area contributed by atoms with E-state index in [1.165, 1.54) is 48.1 Å². The number of aryl methyl sites for hydroxylation is 3. The van der Waals surface area contributed by atoms with Gasteiger partial charge in [0.05, 0.1) is 0 Å². The molecule has 0 aromatic heterocycles. The van der Waals surface area contributed by atoms with E-state index in [1.54, 1.807) is 0 Å². The number of benzene rings is 2. The van der Waals surface area contributed by atoms with Crippen LogP contribution in [0.25, 0.3) is 0 Å². The molecule has 0 saturated carbocycles. The van der Waals surface area contributed by atoms with Crippen molar-refractivity contribution in [2.45, 2.75) is 77.6 Å². The number of hydrogen-bond donors (Lipinski definition) is 0. The third kappa shape index (κ3) is 4.34. The Labute approximate surface area is 156 Å². The molecule has 0 N–H and O–H groups in total. The molecule has 2 heteroatoms. The number of rotatable bonds is 7. The highest BCUT2D eigenvalue weighted by Gasteiger charge is 2.26. The van der Waals surface area contributed by atoms with Gasteiger partial charge in [0.1, 0.15) is 11.6 Å². The molecule has 1 atom stereocenters. The smallest absolute Gasteiger partial charge is 0.129 e. The van der Waals surface area contributed by atoms with Crippen LogP contribution in [-0.2, 0) is 25.7 Å². The first-order chi connectivity index (χ1) is 12.6. The molecule has 0 amide bonds. The van der Waals surface area contributed by atoms with Crippen LogP contribution in [0.5, 0.6) is 0 Å². The lowest BCUT2D eigenvalue weighted by molar-refractivity contribution is 0.489. The van der Waals surface area contributed by atoms with Crippen LogP contribution in [-0.4, -0.2) is 0 Å². The van der Waals surface area contributed by atoms with Gasteiger partial charge in [-0.15, -0.1) is 0 Å². The van der Waals surface area contributed by atoms with Crippen molar-refractivity contribution in [1.29, 1.82) is 0 Å². The molecule has 0 fully saturated rings. The molecule has 1 aliphatic carbocycles. The van der Waals surface area contributed by atoms with E-state index >= 15 is 0 Å². The highest BCUT2D eigenvalue weighted by molar-refractivity contribution is 5.38. The predicted octanol–water partition coefficient (Wildman–Crippen LogP) is 6.92. The van der Waals surface area contributed by atoms with Gasteiger partial charge in [-0.25, -0.2) is 8.78 Å². The van der Waals surface area contributed by atoms with Gasteiger partial charge in [-0.05, 0) is 78.8 Å². The molecule has 0 spiro atoms. The van der Waals surface area contributed by atoms with E-state index in [9.17, 15) is 8.78 Å².